The molecule has 174 valence electrons. The van der Waals surface area contributed by atoms with Gasteiger partial charge in [0.2, 0.25) is 0 Å². The number of aryl methyl sites for hydroxylation is 1. The quantitative estimate of drug-likeness (QED) is 0.538. The van der Waals surface area contributed by atoms with E-state index < -0.39 is 11.7 Å². The smallest absolute Gasteiger partial charge is 0.334 e. The van der Waals surface area contributed by atoms with Crippen molar-refractivity contribution >= 4 is 17.6 Å². The highest BCUT2D eigenvalue weighted by Gasteiger charge is 2.34. The second kappa shape index (κ2) is 9.43. The summed E-state index contributed by atoms with van der Waals surface area (Å²) in [6.07, 6.45) is -2.80. The standard InChI is InChI=1S/C23H23ClF3N5O/c1-15-29-30-21(32(15)14-17-6-10-19(24)11-7-17)20-3-2-12-31(20)22(33)28-13-16-4-8-18(9-5-16)23(25,26)27/h4-11,20H,2-3,12-14H2,1H3,(H,28,33)/t20-/m1/s1. The minimum atomic E-state index is -4.38. The molecule has 1 saturated heterocycles. The van der Waals surface area contributed by atoms with Gasteiger partial charge in [0, 0.05) is 18.1 Å². The highest BCUT2D eigenvalue weighted by molar-refractivity contribution is 6.30. The van der Waals surface area contributed by atoms with Crippen LogP contribution in [0.15, 0.2) is 48.5 Å². The van der Waals surface area contributed by atoms with Crippen LogP contribution in [0.25, 0.3) is 0 Å². The zero-order valence-electron chi connectivity index (χ0n) is 17.9. The van der Waals surface area contributed by atoms with Gasteiger partial charge in [-0.25, -0.2) is 4.79 Å². The van der Waals surface area contributed by atoms with Crippen molar-refractivity contribution in [2.24, 2.45) is 0 Å². The highest BCUT2D eigenvalue weighted by Crippen LogP contribution is 2.32. The number of nitrogens with one attached hydrogen (secondary N) is 1. The van der Waals surface area contributed by atoms with Gasteiger partial charge in [0.1, 0.15) is 5.82 Å². The van der Waals surface area contributed by atoms with Crippen molar-refractivity contribution in [3.8, 4) is 0 Å². The van der Waals surface area contributed by atoms with Crippen molar-refractivity contribution in [2.45, 2.75) is 45.1 Å². The number of benzene rings is 2. The summed E-state index contributed by atoms with van der Waals surface area (Å²) in [5.74, 6) is 1.46. The average molecular weight is 478 g/mol. The van der Waals surface area contributed by atoms with E-state index in [1.807, 2.05) is 35.8 Å². The molecule has 0 saturated carbocycles. The summed E-state index contributed by atoms with van der Waals surface area (Å²) in [5.41, 5.74) is 0.918. The fourth-order valence-corrected chi connectivity index (χ4v) is 4.11. The summed E-state index contributed by atoms with van der Waals surface area (Å²) in [6, 6.07) is 11.8. The molecule has 1 aliphatic heterocycles. The van der Waals surface area contributed by atoms with Crippen molar-refractivity contribution in [3.63, 3.8) is 0 Å². The number of nitrogens with zero attached hydrogens (tertiary/aromatic N) is 4. The van der Waals surface area contributed by atoms with Crippen molar-refractivity contribution in [3.05, 3.63) is 81.9 Å². The van der Waals surface area contributed by atoms with Gasteiger partial charge >= 0.3 is 12.2 Å². The van der Waals surface area contributed by atoms with Crippen LogP contribution in [-0.4, -0.2) is 32.2 Å². The highest BCUT2D eigenvalue weighted by atomic mass is 35.5. The van der Waals surface area contributed by atoms with Crippen molar-refractivity contribution < 1.29 is 18.0 Å². The Morgan fingerprint density at radius 2 is 1.76 bits per heavy atom. The van der Waals surface area contributed by atoms with E-state index in [1.54, 1.807) is 4.90 Å². The molecule has 2 amide bonds. The van der Waals surface area contributed by atoms with E-state index >= 15 is 0 Å². The number of halogens is 4. The number of carbonyl (C=O) groups excluding carboxylic acids is 1. The third-order valence-corrected chi connectivity index (χ3v) is 6.01. The molecule has 3 aromatic rings. The zero-order valence-corrected chi connectivity index (χ0v) is 18.7. The van der Waals surface area contributed by atoms with E-state index in [2.05, 4.69) is 15.5 Å². The first-order chi connectivity index (χ1) is 15.7. The summed E-state index contributed by atoms with van der Waals surface area (Å²) < 4.78 is 40.2. The van der Waals surface area contributed by atoms with E-state index in [4.69, 9.17) is 11.6 Å². The van der Waals surface area contributed by atoms with Crippen LogP contribution in [0, 0.1) is 6.92 Å². The van der Waals surface area contributed by atoms with Crippen LogP contribution in [0.5, 0.6) is 0 Å². The lowest BCUT2D eigenvalue weighted by molar-refractivity contribution is -0.137. The molecular weight excluding hydrogens is 455 g/mol. The molecule has 10 heteroatoms. The Balaban J connectivity index is 1.44. The predicted molar refractivity (Wildman–Crippen MR) is 118 cm³/mol. The van der Waals surface area contributed by atoms with E-state index in [0.29, 0.717) is 29.5 Å². The number of alkyl halides is 3. The molecule has 0 spiro atoms. The number of carbonyl (C=O) groups is 1. The summed E-state index contributed by atoms with van der Waals surface area (Å²) in [4.78, 5) is 14.6. The first-order valence-electron chi connectivity index (χ1n) is 10.6. The molecular formula is C23H23ClF3N5O. The monoisotopic (exact) mass is 477 g/mol. The second-order valence-electron chi connectivity index (χ2n) is 8.02. The van der Waals surface area contributed by atoms with Crippen molar-refractivity contribution in [2.75, 3.05) is 6.54 Å². The van der Waals surface area contributed by atoms with Gasteiger partial charge in [0.05, 0.1) is 18.2 Å². The lowest BCUT2D eigenvalue weighted by Crippen LogP contribution is -2.40. The Morgan fingerprint density at radius 1 is 1.09 bits per heavy atom. The number of hydrogen-bond acceptors (Lipinski definition) is 3. The van der Waals surface area contributed by atoms with Crippen molar-refractivity contribution in [1.82, 2.24) is 25.0 Å². The number of aromatic nitrogens is 3. The van der Waals surface area contributed by atoms with Crippen LogP contribution in [0.1, 0.15) is 47.2 Å². The van der Waals surface area contributed by atoms with Gasteiger partial charge in [-0.2, -0.15) is 13.2 Å². The van der Waals surface area contributed by atoms with Crippen LogP contribution in [-0.2, 0) is 19.3 Å². The summed E-state index contributed by atoms with van der Waals surface area (Å²) in [7, 11) is 0. The molecule has 0 bridgehead atoms. The molecule has 4 rings (SSSR count). The summed E-state index contributed by atoms with van der Waals surface area (Å²) in [5, 5.41) is 12.1. The minimum Gasteiger partial charge on any atom is -0.334 e. The lowest BCUT2D eigenvalue weighted by atomic mass is 10.1. The Kier molecular flexibility index (Phi) is 6.60. The maximum absolute atomic E-state index is 12.9. The number of hydrogen-bond donors (Lipinski definition) is 1. The molecule has 0 aliphatic carbocycles. The van der Waals surface area contributed by atoms with Gasteiger partial charge in [-0.15, -0.1) is 10.2 Å². The number of likely N-dealkylation sites (tertiary alicyclic amines) is 1. The second-order valence-corrected chi connectivity index (χ2v) is 8.46. The minimum absolute atomic E-state index is 0.136. The van der Waals surface area contributed by atoms with Gasteiger partial charge < -0.3 is 14.8 Å². The topological polar surface area (TPSA) is 63.1 Å². The molecule has 2 aromatic carbocycles. The van der Waals surface area contributed by atoms with Gasteiger partial charge in [-0.1, -0.05) is 35.9 Å². The predicted octanol–water partition coefficient (Wildman–Crippen LogP) is 5.35. The summed E-state index contributed by atoms with van der Waals surface area (Å²) in [6.45, 7) is 3.13. The molecule has 1 atom stereocenters. The van der Waals surface area contributed by atoms with E-state index in [9.17, 15) is 18.0 Å². The van der Waals surface area contributed by atoms with Crippen LogP contribution in [0.2, 0.25) is 5.02 Å². The fourth-order valence-electron chi connectivity index (χ4n) is 3.98. The number of urea groups is 1. The Hall–Kier alpha value is -3.07. The maximum Gasteiger partial charge on any atom is 0.416 e. The SMILES string of the molecule is Cc1nnc([C@H]2CCCN2C(=O)NCc2ccc(C(F)(F)F)cc2)n1Cc1ccc(Cl)cc1. The van der Waals surface area contributed by atoms with Crippen LogP contribution < -0.4 is 5.32 Å². The third kappa shape index (κ3) is 5.30. The Labute approximate surface area is 194 Å². The largest absolute Gasteiger partial charge is 0.416 e. The Bertz CT molecular complexity index is 1110. The van der Waals surface area contributed by atoms with Crippen molar-refractivity contribution in [1.29, 1.82) is 0 Å². The molecule has 33 heavy (non-hydrogen) atoms. The fraction of sp³-hybridized carbons (Fsp3) is 0.348. The van der Waals surface area contributed by atoms with Crippen LogP contribution in [0.3, 0.4) is 0 Å². The average Bonchev–Trinajstić information content (AvgIpc) is 3.40. The van der Waals surface area contributed by atoms with Gasteiger partial charge in [0.25, 0.3) is 0 Å². The zero-order chi connectivity index (χ0) is 23.6. The molecule has 1 aromatic heterocycles. The van der Waals surface area contributed by atoms with Gasteiger partial charge in [0.15, 0.2) is 5.82 Å². The number of rotatable bonds is 5. The molecule has 1 fully saturated rings. The van der Waals surface area contributed by atoms with Crippen LogP contribution in [0.4, 0.5) is 18.0 Å². The number of amides is 2. The van der Waals surface area contributed by atoms with Crippen LogP contribution >= 0.6 is 11.6 Å². The molecule has 1 N–H and O–H groups in total. The first kappa shape index (κ1) is 23.1. The molecule has 0 unspecified atom stereocenters. The molecule has 2 heterocycles. The normalized spacial score (nSPS) is 16.3. The molecule has 1 aliphatic rings. The van der Waals surface area contributed by atoms with Gasteiger partial charge in [-0.3, -0.25) is 0 Å². The van der Waals surface area contributed by atoms with E-state index in [0.717, 1.165) is 36.4 Å². The Morgan fingerprint density at radius 3 is 2.42 bits per heavy atom. The van der Waals surface area contributed by atoms with Gasteiger partial charge in [-0.05, 0) is 55.2 Å². The molecule has 0 radical (unpaired) electrons. The first-order valence-corrected chi connectivity index (χ1v) is 10.9. The van der Waals surface area contributed by atoms with E-state index in [1.165, 1.54) is 12.1 Å². The molecule has 6 nitrogen and oxygen atoms in total. The lowest BCUT2D eigenvalue weighted by Gasteiger charge is -2.25. The summed E-state index contributed by atoms with van der Waals surface area (Å²) >= 11 is 5.98. The maximum atomic E-state index is 12.9. The third-order valence-electron chi connectivity index (χ3n) is 5.76. The van der Waals surface area contributed by atoms with E-state index in [-0.39, 0.29) is 18.6 Å².